The van der Waals surface area contributed by atoms with E-state index in [1.165, 1.54) is 44.9 Å². The first-order valence-corrected chi connectivity index (χ1v) is 5.29. The lowest BCUT2D eigenvalue weighted by atomic mass is 9.91. The molecule has 1 aliphatic rings. The summed E-state index contributed by atoms with van der Waals surface area (Å²) in [5.74, 6) is 1.98. The standard InChI is InChI=1S/C11H22/c1-10(2)9-11-7-5-3-4-6-8-11/h10-11H,3-9H2,1-2H3. The van der Waals surface area contributed by atoms with Crippen LogP contribution in [0.2, 0.25) is 0 Å². The Bertz CT molecular complexity index is 86.2. The third kappa shape index (κ3) is 3.79. The van der Waals surface area contributed by atoms with E-state index in [1.807, 2.05) is 0 Å². The van der Waals surface area contributed by atoms with Gasteiger partial charge in [-0.2, -0.15) is 0 Å². The zero-order valence-corrected chi connectivity index (χ0v) is 8.10. The number of hydrogen-bond donors (Lipinski definition) is 0. The summed E-state index contributed by atoms with van der Waals surface area (Å²) in [4.78, 5) is 0. The Morgan fingerprint density at radius 1 is 1.00 bits per heavy atom. The van der Waals surface area contributed by atoms with Crippen LogP contribution in [0.4, 0.5) is 0 Å². The molecular formula is C11H22. The Morgan fingerprint density at radius 3 is 2.00 bits per heavy atom. The van der Waals surface area contributed by atoms with E-state index < -0.39 is 0 Å². The maximum Gasteiger partial charge on any atom is -0.0412 e. The van der Waals surface area contributed by atoms with Crippen LogP contribution in [0.5, 0.6) is 0 Å². The highest BCUT2D eigenvalue weighted by Gasteiger charge is 2.12. The molecule has 0 amide bonds. The molecule has 0 N–H and O–H groups in total. The summed E-state index contributed by atoms with van der Waals surface area (Å²) in [5, 5.41) is 0. The van der Waals surface area contributed by atoms with Crippen LogP contribution in [0, 0.1) is 11.8 Å². The fourth-order valence-electron chi connectivity index (χ4n) is 2.27. The molecule has 0 unspecified atom stereocenters. The molecule has 0 spiro atoms. The molecule has 0 aromatic heterocycles. The van der Waals surface area contributed by atoms with E-state index in [4.69, 9.17) is 0 Å². The Kier molecular flexibility index (Phi) is 3.96. The van der Waals surface area contributed by atoms with Gasteiger partial charge in [-0.1, -0.05) is 52.4 Å². The number of hydrogen-bond acceptors (Lipinski definition) is 0. The minimum absolute atomic E-state index is 0.915. The molecular weight excluding hydrogens is 132 g/mol. The van der Waals surface area contributed by atoms with E-state index >= 15 is 0 Å². The lowest BCUT2D eigenvalue weighted by molar-refractivity contribution is 0.370. The molecule has 0 saturated heterocycles. The average molecular weight is 154 g/mol. The molecule has 0 bridgehead atoms. The van der Waals surface area contributed by atoms with Gasteiger partial charge >= 0.3 is 0 Å². The van der Waals surface area contributed by atoms with Gasteiger partial charge in [0.15, 0.2) is 0 Å². The molecule has 1 fully saturated rings. The zero-order valence-electron chi connectivity index (χ0n) is 8.10. The summed E-state index contributed by atoms with van der Waals surface area (Å²) >= 11 is 0. The molecule has 1 aliphatic carbocycles. The van der Waals surface area contributed by atoms with Gasteiger partial charge in [0.05, 0.1) is 0 Å². The largest absolute Gasteiger partial charge is 0.0628 e. The molecule has 0 heterocycles. The van der Waals surface area contributed by atoms with Gasteiger partial charge in [-0.05, 0) is 18.3 Å². The van der Waals surface area contributed by atoms with Gasteiger partial charge in [-0.15, -0.1) is 0 Å². The highest BCUT2D eigenvalue weighted by atomic mass is 14.2. The maximum absolute atomic E-state index is 2.35. The molecule has 0 aromatic carbocycles. The lowest BCUT2D eigenvalue weighted by Gasteiger charge is -2.15. The van der Waals surface area contributed by atoms with Crippen molar-refractivity contribution < 1.29 is 0 Å². The van der Waals surface area contributed by atoms with Crippen molar-refractivity contribution in [1.29, 1.82) is 0 Å². The first kappa shape index (κ1) is 9.09. The second-order valence-corrected chi connectivity index (χ2v) is 4.49. The molecule has 66 valence electrons. The summed E-state index contributed by atoms with van der Waals surface area (Å²) < 4.78 is 0. The summed E-state index contributed by atoms with van der Waals surface area (Å²) in [6.45, 7) is 4.70. The van der Waals surface area contributed by atoms with Crippen LogP contribution in [-0.4, -0.2) is 0 Å². The molecule has 11 heavy (non-hydrogen) atoms. The Hall–Kier alpha value is 0. The fourth-order valence-corrected chi connectivity index (χ4v) is 2.27. The van der Waals surface area contributed by atoms with Crippen LogP contribution < -0.4 is 0 Å². The Balaban J connectivity index is 2.20. The van der Waals surface area contributed by atoms with E-state index in [0.29, 0.717) is 0 Å². The molecule has 0 aromatic rings. The van der Waals surface area contributed by atoms with Crippen LogP contribution in [-0.2, 0) is 0 Å². The van der Waals surface area contributed by atoms with Gasteiger partial charge in [-0.25, -0.2) is 0 Å². The van der Waals surface area contributed by atoms with Crippen molar-refractivity contribution in [3.05, 3.63) is 0 Å². The van der Waals surface area contributed by atoms with Gasteiger partial charge in [0.25, 0.3) is 0 Å². The SMILES string of the molecule is CC(C)CC1CCCCCC1. The predicted molar refractivity (Wildman–Crippen MR) is 50.6 cm³/mol. The van der Waals surface area contributed by atoms with Gasteiger partial charge < -0.3 is 0 Å². The highest BCUT2D eigenvalue weighted by Crippen LogP contribution is 2.27. The molecule has 0 nitrogen and oxygen atoms in total. The summed E-state index contributed by atoms with van der Waals surface area (Å²) in [5.41, 5.74) is 0. The van der Waals surface area contributed by atoms with Crippen LogP contribution in [0.15, 0.2) is 0 Å². The maximum atomic E-state index is 2.35. The normalized spacial score (nSPS) is 22.1. The summed E-state index contributed by atoms with van der Waals surface area (Å²) in [6.07, 6.45) is 10.5. The highest BCUT2D eigenvalue weighted by molar-refractivity contribution is 4.65. The van der Waals surface area contributed by atoms with E-state index in [-0.39, 0.29) is 0 Å². The number of rotatable bonds is 2. The first-order valence-electron chi connectivity index (χ1n) is 5.29. The third-order valence-corrected chi connectivity index (χ3v) is 2.78. The van der Waals surface area contributed by atoms with Gasteiger partial charge in [0.2, 0.25) is 0 Å². The van der Waals surface area contributed by atoms with Crippen LogP contribution >= 0.6 is 0 Å². The molecule has 1 saturated carbocycles. The summed E-state index contributed by atoms with van der Waals surface area (Å²) in [7, 11) is 0. The van der Waals surface area contributed by atoms with E-state index in [9.17, 15) is 0 Å². The van der Waals surface area contributed by atoms with Crippen molar-refractivity contribution in [3.63, 3.8) is 0 Å². The van der Waals surface area contributed by atoms with E-state index in [2.05, 4.69) is 13.8 Å². The minimum atomic E-state index is 0.915. The Labute approximate surface area is 71.4 Å². The fraction of sp³-hybridized carbons (Fsp3) is 1.00. The van der Waals surface area contributed by atoms with Crippen LogP contribution in [0.3, 0.4) is 0 Å². The molecule has 0 aliphatic heterocycles. The van der Waals surface area contributed by atoms with Crippen LogP contribution in [0.25, 0.3) is 0 Å². The molecule has 0 heteroatoms. The molecule has 0 radical (unpaired) electrons. The topological polar surface area (TPSA) is 0 Å². The third-order valence-electron chi connectivity index (χ3n) is 2.78. The summed E-state index contributed by atoms with van der Waals surface area (Å²) in [6, 6.07) is 0. The Morgan fingerprint density at radius 2 is 1.55 bits per heavy atom. The molecule has 1 rings (SSSR count). The van der Waals surface area contributed by atoms with E-state index in [1.54, 1.807) is 0 Å². The lowest BCUT2D eigenvalue weighted by Crippen LogP contribution is -2.02. The smallest absolute Gasteiger partial charge is 0.0412 e. The van der Waals surface area contributed by atoms with Gasteiger partial charge in [0, 0.05) is 0 Å². The minimum Gasteiger partial charge on any atom is -0.0628 e. The van der Waals surface area contributed by atoms with Crippen molar-refractivity contribution in [2.75, 3.05) is 0 Å². The van der Waals surface area contributed by atoms with Crippen molar-refractivity contribution in [1.82, 2.24) is 0 Å². The quantitative estimate of drug-likeness (QED) is 0.527. The van der Waals surface area contributed by atoms with Crippen molar-refractivity contribution in [2.24, 2.45) is 11.8 Å². The van der Waals surface area contributed by atoms with E-state index in [0.717, 1.165) is 11.8 Å². The average Bonchev–Trinajstić information content (AvgIpc) is 2.14. The first-order chi connectivity index (χ1) is 5.29. The predicted octanol–water partition coefficient (Wildman–Crippen LogP) is 4.00. The van der Waals surface area contributed by atoms with Crippen molar-refractivity contribution in [2.45, 2.75) is 58.8 Å². The second-order valence-electron chi connectivity index (χ2n) is 4.49. The zero-order chi connectivity index (χ0) is 8.10. The van der Waals surface area contributed by atoms with Crippen molar-refractivity contribution >= 4 is 0 Å². The van der Waals surface area contributed by atoms with Crippen molar-refractivity contribution in [3.8, 4) is 0 Å². The molecule has 0 atom stereocenters. The second kappa shape index (κ2) is 4.79. The van der Waals surface area contributed by atoms with Crippen LogP contribution in [0.1, 0.15) is 58.8 Å². The van der Waals surface area contributed by atoms with Gasteiger partial charge in [0.1, 0.15) is 0 Å². The van der Waals surface area contributed by atoms with Gasteiger partial charge in [-0.3, -0.25) is 0 Å². The monoisotopic (exact) mass is 154 g/mol.